The fourth-order valence-electron chi connectivity index (χ4n) is 2.44. The molecule has 0 radical (unpaired) electrons. The molecule has 0 heterocycles. The van der Waals surface area contributed by atoms with E-state index in [2.05, 4.69) is 0 Å². The molecule has 0 aromatic carbocycles. The molecule has 4 heteroatoms. The van der Waals surface area contributed by atoms with Crippen LogP contribution in [-0.4, -0.2) is 38.3 Å². The van der Waals surface area contributed by atoms with Gasteiger partial charge in [-0.15, -0.1) is 0 Å². The maximum Gasteiger partial charge on any atom is 0.159 e. The fraction of sp³-hybridized carbons (Fsp3) is 1.00. The van der Waals surface area contributed by atoms with Crippen LogP contribution in [0.3, 0.4) is 0 Å². The first-order chi connectivity index (χ1) is 8.70. The van der Waals surface area contributed by atoms with Gasteiger partial charge in [0, 0.05) is 25.2 Å². The standard InChI is InChI=1S/C14H29NO3/c1-3-17-13(18-4-2)8-11-16-12-14(15)9-6-5-7-10-14/h13H,3-12,15H2,1-2H3. The molecule has 0 aromatic heterocycles. The molecule has 18 heavy (non-hydrogen) atoms. The van der Waals surface area contributed by atoms with Crippen LogP contribution >= 0.6 is 0 Å². The second-order valence-corrected chi connectivity index (χ2v) is 5.10. The highest BCUT2D eigenvalue weighted by Gasteiger charge is 2.27. The van der Waals surface area contributed by atoms with Crippen molar-refractivity contribution in [2.75, 3.05) is 26.4 Å². The smallest absolute Gasteiger partial charge is 0.159 e. The first kappa shape index (κ1) is 15.9. The van der Waals surface area contributed by atoms with Gasteiger partial charge in [0.05, 0.1) is 13.2 Å². The largest absolute Gasteiger partial charge is 0.379 e. The van der Waals surface area contributed by atoms with Gasteiger partial charge in [-0.1, -0.05) is 19.3 Å². The third-order valence-corrected chi connectivity index (χ3v) is 3.44. The number of ether oxygens (including phenoxy) is 3. The third kappa shape index (κ3) is 6.14. The highest BCUT2D eigenvalue weighted by atomic mass is 16.7. The Morgan fingerprint density at radius 2 is 1.67 bits per heavy atom. The van der Waals surface area contributed by atoms with Crippen LogP contribution in [0.4, 0.5) is 0 Å². The van der Waals surface area contributed by atoms with Crippen LogP contribution in [0.1, 0.15) is 52.4 Å². The van der Waals surface area contributed by atoms with E-state index in [0.717, 1.165) is 19.3 Å². The summed E-state index contributed by atoms with van der Waals surface area (Å²) >= 11 is 0. The molecule has 0 aromatic rings. The normalized spacial score (nSPS) is 19.3. The van der Waals surface area contributed by atoms with E-state index >= 15 is 0 Å². The van der Waals surface area contributed by atoms with Crippen molar-refractivity contribution in [3.8, 4) is 0 Å². The molecule has 1 rings (SSSR count). The number of rotatable bonds is 9. The van der Waals surface area contributed by atoms with Gasteiger partial charge in [-0.2, -0.15) is 0 Å². The summed E-state index contributed by atoms with van der Waals surface area (Å²) < 4.78 is 16.6. The van der Waals surface area contributed by atoms with Crippen LogP contribution in [-0.2, 0) is 14.2 Å². The van der Waals surface area contributed by atoms with Gasteiger partial charge in [-0.25, -0.2) is 0 Å². The quantitative estimate of drug-likeness (QED) is 0.510. The highest BCUT2D eigenvalue weighted by Crippen LogP contribution is 2.26. The van der Waals surface area contributed by atoms with Crippen molar-refractivity contribution in [1.29, 1.82) is 0 Å². The molecule has 0 amide bonds. The molecule has 0 bridgehead atoms. The number of nitrogens with two attached hydrogens (primary N) is 1. The topological polar surface area (TPSA) is 53.7 Å². The Hall–Kier alpha value is -0.160. The highest BCUT2D eigenvalue weighted by molar-refractivity contribution is 4.86. The van der Waals surface area contributed by atoms with Gasteiger partial charge >= 0.3 is 0 Å². The van der Waals surface area contributed by atoms with Crippen LogP contribution < -0.4 is 5.73 Å². The van der Waals surface area contributed by atoms with Crippen molar-refractivity contribution >= 4 is 0 Å². The molecule has 2 N–H and O–H groups in total. The van der Waals surface area contributed by atoms with E-state index in [-0.39, 0.29) is 11.8 Å². The monoisotopic (exact) mass is 259 g/mol. The van der Waals surface area contributed by atoms with Gasteiger partial charge in [0.1, 0.15) is 0 Å². The van der Waals surface area contributed by atoms with Crippen molar-refractivity contribution in [3.63, 3.8) is 0 Å². The first-order valence-corrected chi connectivity index (χ1v) is 7.30. The zero-order valence-electron chi connectivity index (χ0n) is 12.0. The second-order valence-electron chi connectivity index (χ2n) is 5.10. The van der Waals surface area contributed by atoms with Crippen LogP contribution in [0.2, 0.25) is 0 Å². The lowest BCUT2D eigenvalue weighted by molar-refractivity contribution is -0.147. The Balaban J connectivity index is 2.12. The van der Waals surface area contributed by atoms with Crippen LogP contribution in [0.25, 0.3) is 0 Å². The molecule has 1 aliphatic rings. The molecule has 0 unspecified atom stereocenters. The summed E-state index contributed by atoms with van der Waals surface area (Å²) in [7, 11) is 0. The SMILES string of the molecule is CCOC(CCOCC1(N)CCCCC1)OCC. The van der Waals surface area contributed by atoms with Crippen LogP contribution in [0.5, 0.6) is 0 Å². The van der Waals surface area contributed by atoms with Gasteiger partial charge in [-0.05, 0) is 26.7 Å². The van der Waals surface area contributed by atoms with Crippen molar-refractivity contribution in [2.24, 2.45) is 5.73 Å². The van der Waals surface area contributed by atoms with Gasteiger partial charge < -0.3 is 19.9 Å². The summed E-state index contributed by atoms with van der Waals surface area (Å²) in [6.45, 7) is 6.62. The van der Waals surface area contributed by atoms with Crippen molar-refractivity contribution in [3.05, 3.63) is 0 Å². The predicted octanol–water partition coefficient (Wildman–Crippen LogP) is 2.45. The summed E-state index contributed by atoms with van der Waals surface area (Å²) in [5.41, 5.74) is 6.21. The average molecular weight is 259 g/mol. The third-order valence-electron chi connectivity index (χ3n) is 3.44. The lowest BCUT2D eigenvalue weighted by Crippen LogP contribution is -2.46. The van der Waals surface area contributed by atoms with E-state index in [1.165, 1.54) is 19.3 Å². The zero-order valence-corrected chi connectivity index (χ0v) is 12.0. The molecule has 0 atom stereocenters. The summed E-state index contributed by atoms with van der Waals surface area (Å²) in [5, 5.41) is 0. The van der Waals surface area contributed by atoms with E-state index in [4.69, 9.17) is 19.9 Å². The summed E-state index contributed by atoms with van der Waals surface area (Å²) in [6, 6.07) is 0. The molecular weight excluding hydrogens is 230 g/mol. The lowest BCUT2D eigenvalue weighted by Gasteiger charge is -2.33. The Morgan fingerprint density at radius 1 is 1.06 bits per heavy atom. The minimum atomic E-state index is -0.139. The van der Waals surface area contributed by atoms with Crippen LogP contribution in [0, 0.1) is 0 Å². The van der Waals surface area contributed by atoms with E-state index in [1.807, 2.05) is 13.8 Å². The van der Waals surface area contributed by atoms with E-state index in [0.29, 0.717) is 26.4 Å². The molecule has 0 spiro atoms. The van der Waals surface area contributed by atoms with E-state index in [1.54, 1.807) is 0 Å². The number of hydrogen-bond acceptors (Lipinski definition) is 4. The van der Waals surface area contributed by atoms with Gasteiger partial charge in [-0.3, -0.25) is 0 Å². The van der Waals surface area contributed by atoms with Crippen molar-refractivity contribution < 1.29 is 14.2 Å². The first-order valence-electron chi connectivity index (χ1n) is 7.30. The summed E-state index contributed by atoms with van der Waals surface area (Å²) in [4.78, 5) is 0. The molecule has 108 valence electrons. The van der Waals surface area contributed by atoms with Crippen molar-refractivity contribution in [1.82, 2.24) is 0 Å². The van der Waals surface area contributed by atoms with E-state index < -0.39 is 0 Å². The average Bonchev–Trinajstić information content (AvgIpc) is 2.36. The summed E-state index contributed by atoms with van der Waals surface area (Å²) in [6.07, 6.45) is 6.61. The minimum Gasteiger partial charge on any atom is -0.379 e. The molecule has 0 aliphatic heterocycles. The van der Waals surface area contributed by atoms with Gasteiger partial charge in [0.25, 0.3) is 0 Å². The Kier molecular flexibility index (Phi) is 7.82. The van der Waals surface area contributed by atoms with Crippen LogP contribution in [0.15, 0.2) is 0 Å². The molecular formula is C14H29NO3. The Labute approximate surface area is 111 Å². The van der Waals surface area contributed by atoms with Gasteiger partial charge in [0.2, 0.25) is 0 Å². The molecule has 0 saturated heterocycles. The Bertz CT molecular complexity index is 199. The Morgan fingerprint density at radius 3 is 2.22 bits per heavy atom. The molecule has 1 aliphatic carbocycles. The van der Waals surface area contributed by atoms with E-state index in [9.17, 15) is 0 Å². The fourth-order valence-corrected chi connectivity index (χ4v) is 2.44. The van der Waals surface area contributed by atoms with Gasteiger partial charge in [0.15, 0.2) is 6.29 Å². The van der Waals surface area contributed by atoms with Crippen molar-refractivity contribution in [2.45, 2.75) is 64.2 Å². The minimum absolute atomic E-state index is 0.0923. The molecule has 4 nitrogen and oxygen atoms in total. The number of hydrogen-bond donors (Lipinski definition) is 1. The maximum atomic E-state index is 6.31. The second kappa shape index (κ2) is 8.86. The lowest BCUT2D eigenvalue weighted by atomic mass is 9.83. The predicted molar refractivity (Wildman–Crippen MR) is 72.5 cm³/mol. The zero-order chi connectivity index (χ0) is 13.3. The molecule has 1 fully saturated rings. The summed E-state index contributed by atoms with van der Waals surface area (Å²) in [5.74, 6) is 0. The molecule has 1 saturated carbocycles. The maximum absolute atomic E-state index is 6.31.